The minimum Gasteiger partial charge on any atom is -0.192 e. The predicted molar refractivity (Wildman–Crippen MR) is 55.0 cm³/mol. The Hall–Kier alpha value is -1.54. The van der Waals surface area contributed by atoms with Gasteiger partial charge in [0.05, 0.1) is 17.2 Å². The molecule has 0 unspecified atom stereocenters. The first-order valence-electron chi connectivity index (χ1n) is 4.99. The molecule has 2 heteroatoms. The summed E-state index contributed by atoms with van der Waals surface area (Å²) in [5, 5.41) is 17.5. The highest BCUT2D eigenvalue weighted by molar-refractivity contribution is 5.48. The van der Waals surface area contributed by atoms with Crippen LogP contribution in [0, 0.1) is 28.6 Å². The fourth-order valence-electron chi connectivity index (χ4n) is 1.80. The molecule has 72 valence electrons. The fourth-order valence-corrected chi connectivity index (χ4v) is 1.80. The van der Waals surface area contributed by atoms with Crippen molar-refractivity contribution in [1.29, 1.82) is 10.5 Å². The molecule has 1 rings (SSSR count). The Morgan fingerprint density at radius 1 is 1.14 bits per heavy atom. The molecule has 1 saturated carbocycles. The first-order valence-corrected chi connectivity index (χ1v) is 4.99. The molecule has 0 amide bonds. The van der Waals surface area contributed by atoms with Gasteiger partial charge in [-0.25, -0.2) is 0 Å². The summed E-state index contributed by atoms with van der Waals surface area (Å²) in [5.41, 5.74) is 0.748. The molecule has 0 saturated heterocycles. The lowest BCUT2D eigenvalue weighted by Gasteiger charge is -2.18. The molecule has 2 nitrogen and oxygen atoms in total. The van der Waals surface area contributed by atoms with Crippen molar-refractivity contribution in [3.8, 4) is 12.1 Å². The van der Waals surface area contributed by atoms with Crippen LogP contribution in [0.4, 0.5) is 0 Å². The number of rotatable bonds is 2. The number of hydrogen-bond acceptors (Lipinski definition) is 2. The third-order valence-electron chi connectivity index (χ3n) is 2.63. The van der Waals surface area contributed by atoms with Crippen LogP contribution in [0.5, 0.6) is 0 Å². The van der Waals surface area contributed by atoms with E-state index in [-0.39, 0.29) is 5.57 Å². The van der Waals surface area contributed by atoms with Crippen LogP contribution in [-0.4, -0.2) is 0 Å². The monoisotopic (exact) mass is 186 g/mol. The lowest BCUT2D eigenvalue weighted by atomic mass is 9.87. The van der Waals surface area contributed by atoms with Gasteiger partial charge >= 0.3 is 0 Å². The Kier molecular flexibility index (Phi) is 3.95. The van der Waals surface area contributed by atoms with Gasteiger partial charge in [-0.1, -0.05) is 31.9 Å². The normalized spacial score (nSPS) is 18.3. The Labute approximate surface area is 85.2 Å². The molecule has 0 aromatic carbocycles. The molecule has 1 aliphatic carbocycles. The van der Waals surface area contributed by atoms with E-state index in [1.807, 2.05) is 18.2 Å². The number of allylic oxidation sites excluding steroid dienone is 3. The topological polar surface area (TPSA) is 47.6 Å². The number of hydrogen-bond donors (Lipinski definition) is 0. The van der Waals surface area contributed by atoms with E-state index in [2.05, 4.69) is 6.58 Å². The Morgan fingerprint density at radius 3 is 2.29 bits per heavy atom. The SMILES string of the molecule is C=C(C#N)C(C#N)=CC1CCCCC1. The summed E-state index contributed by atoms with van der Waals surface area (Å²) >= 11 is 0. The minimum atomic E-state index is 0.290. The van der Waals surface area contributed by atoms with Gasteiger partial charge in [0, 0.05) is 0 Å². The lowest BCUT2D eigenvalue weighted by molar-refractivity contribution is 0.418. The highest BCUT2D eigenvalue weighted by Gasteiger charge is 2.12. The largest absolute Gasteiger partial charge is 0.192 e. The van der Waals surface area contributed by atoms with E-state index < -0.39 is 0 Å². The van der Waals surface area contributed by atoms with Crippen molar-refractivity contribution in [3.63, 3.8) is 0 Å². The van der Waals surface area contributed by atoms with E-state index in [1.54, 1.807) is 0 Å². The van der Waals surface area contributed by atoms with Crippen molar-refractivity contribution >= 4 is 0 Å². The van der Waals surface area contributed by atoms with Gasteiger partial charge in [-0.05, 0) is 18.8 Å². The second-order valence-corrected chi connectivity index (χ2v) is 3.68. The van der Waals surface area contributed by atoms with Crippen molar-refractivity contribution in [2.75, 3.05) is 0 Å². The van der Waals surface area contributed by atoms with Gasteiger partial charge in [0.2, 0.25) is 0 Å². The predicted octanol–water partition coefficient (Wildman–Crippen LogP) is 3.10. The minimum absolute atomic E-state index is 0.290. The molecule has 0 aliphatic heterocycles. The zero-order chi connectivity index (χ0) is 10.4. The molecular weight excluding hydrogens is 172 g/mol. The van der Waals surface area contributed by atoms with Gasteiger partial charge < -0.3 is 0 Å². The molecule has 0 aromatic rings. The third-order valence-corrected chi connectivity index (χ3v) is 2.63. The van der Waals surface area contributed by atoms with Crippen molar-refractivity contribution in [2.45, 2.75) is 32.1 Å². The van der Waals surface area contributed by atoms with E-state index in [0.717, 1.165) is 12.8 Å². The Balaban J connectivity index is 2.69. The van der Waals surface area contributed by atoms with E-state index in [1.165, 1.54) is 19.3 Å². The first-order chi connectivity index (χ1) is 6.77. The molecule has 0 N–H and O–H groups in total. The van der Waals surface area contributed by atoms with E-state index in [4.69, 9.17) is 10.5 Å². The number of nitrogens with zero attached hydrogens (tertiary/aromatic N) is 2. The molecule has 0 spiro atoms. The summed E-state index contributed by atoms with van der Waals surface area (Å²) in [6.45, 7) is 3.56. The van der Waals surface area contributed by atoms with E-state index >= 15 is 0 Å². The van der Waals surface area contributed by atoms with Gasteiger partial charge in [0.1, 0.15) is 6.07 Å². The van der Waals surface area contributed by atoms with Crippen LogP contribution >= 0.6 is 0 Å². The van der Waals surface area contributed by atoms with Gasteiger partial charge in [0.15, 0.2) is 0 Å². The smallest absolute Gasteiger partial charge is 0.100 e. The zero-order valence-electron chi connectivity index (χ0n) is 8.29. The third kappa shape index (κ3) is 2.75. The maximum atomic E-state index is 8.83. The van der Waals surface area contributed by atoms with Gasteiger partial charge in [0.25, 0.3) is 0 Å². The second kappa shape index (κ2) is 5.25. The molecule has 1 aliphatic rings. The van der Waals surface area contributed by atoms with Crippen molar-refractivity contribution < 1.29 is 0 Å². The highest BCUT2D eigenvalue weighted by atomic mass is 14.3. The van der Waals surface area contributed by atoms with Crippen molar-refractivity contribution in [1.82, 2.24) is 0 Å². The summed E-state index contributed by atoms with van der Waals surface area (Å²) in [6, 6.07) is 3.96. The second-order valence-electron chi connectivity index (χ2n) is 3.68. The zero-order valence-corrected chi connectivity index (χ0v) is 8.29. The summed E-state index contributed by atoms with van der Waals surface area (Å²) in [4.78, 5) is 0. The summed E-state index contributed by atoms with van der Waals surface area (Å²) in [7, 11) is 0. The van der Waals surface area contributed by atoms with Crippen LogP contribution < -0.4 is 0 Å². The van der Waals surface area contributed by atoms with Crippen LogP contribution in [0.1, 0.15) is 32.1 Å². The van der Waals surface area contributed by atoms with Crippen LogP contribution in [-0.2, 0) is 0 Å². The molecule has 0 heterocycles. The summed E-state index contributed by atoms with van der Waals surface area (Å²) in [5.74, 6) is 0.475. The quantitative estimate of drug-likeness (QED) is 0.491. The first kappa shape index (κ1) is 10.5. The molecule has 0 radical (unpaired) electrons. The fraction of sp³-hybridized carbons (Fsp3) is 0.500. The lowest BCUT2D eigenvalue weighted by Crippen LogP contribution is -2.04. The van der Waals surface area contributed by atoms with Crippen LogP contribution in [0.2, 0.25) is 0 Å². The summed E-state index contributed by atoms with van der Waals surface area (Å²) < 4.78 is 0. The van der Waals surface area contributed by atoms with Crippen molar-refractivity contribution in [3.05, 3.63) is 23.8 Å². The maximum absolute atomic E-state index is 8.83. The van der Waals surface area contributed by atoms with Gasteiger partial charge in [-0.2, -0.15) is 10.5 Å². The highest BCUT2D eigenvalue weighted by Crippen LogP contribution is 2.26. The van der Waals surface area contributed by atoms with E-state index in [0.29, 0.717) is 11.5 Å². The Morgan fingerprint density at radius 2 is 1.79 bits per heavy atom. The average molecular weight is 186 g/mol. The average Bonchev–Trinajstić information content (AvgIpc) is 2.26. The van der Waals surface area contributed by atoms with Gasteiger partial charge in [-0.15, -0.1) is 0 Å². The van der Waals surface area contributed by atoms with Gasteiger partial charge in [-0.3, -0.25) is 0 Å². The molecule has 14 heavy (non-hydrogen) atoms. The van der Waals surface area contributed by atoms with Crippen LogP contribution in [0.3, 0.4) is 0 Å². The Bertz CT molecular complexity index is 319. The molecule has 0 aromatic heterocycles. The molecule has 1 fully saturated rings. The standard InChI is InChI=1S/C12H14N2/c1-10(8-13)12(9-14)7-11-5-3-2-4-6-11/h7,11H,1-6H2. The van der Waals surface area contributed by atoms with Crippen LogP contribution in [0.15, 0.2) is 23.8 Å². The van der Waals surface area contributed by atoms with Crippen molar-refractivity contribution in [2.24, 2.45) is 5.92 Å². The number of nitriles is 2. The maximum Gasteiger partial charge on any atom is 0.100 e. The van der Waals surface area contributed by atoms with Crippen LogP contribution in [0.25, 0.3) is 0 Å². The molecule has 0 bridgehead atoms. The molecule has 0 atom stereocenters. The van der Waals surface area contributed by atoms with E-state index in [9.17, 15) is 0 Å². The summed E-state index contributed by atoms with van der Waals surface area (Å²) in [6.07, 6.45) is 7.97. The molecular formula is C12H14N2.